The van der Waals surface area contributed by atoms with Crippen LogP contribution in [0.2, 0.25) is 5.02 Å². The number of hydrogen-bond donors (Lipinski definition) is 0. The number of sulfone groups is 1. The van der Waals surface area contributed by atoms with E-state index in [1.54, 1.807) is 36.4 Å². The summed E-state index contributed by atoms with van der Waals surface area (Å²) in [5.41, 5.74) is 1.31. The van der Waals surface area contributed by atoms with Crippen LogP contribution in [0.4, 0.5) is 4.39 Å². The van der Waals surface area contributed by atoms with Gasteiger partial charge in [-0.1, -0.05) is 47.5 Å². The van der Waals surface area contributed by atoms with E-state index >= 15 is 0 Å². The lowest BCUT2D eigenvalue weighted by Gasteiger charge is -2.15. The molecule has 0 spiro atoms. The molecule has 0 bridgehead atoms. The zero-order valence-electron chi connectivity index (χ0n) is 17.3. The number of ether oxygens (including phenoxy) is 2. The van der Waals surface area contributed by atoms with Crippen LogP contribution in [0.25, 0.3) is 6.08 Å². The van der Waals surface area contributed by atoms with Crippen LogP contribution in [0, 0.1) is 24.1 Å². The van der Waals surface area contributed by atoms with Crippen molar-refractivity contribution in [3.63, 3.8) is 0 Å². The summed E-state index contributed by atoms with van der Waals surface area (Å²) in [6.45, 7) is 1.61. The highest BCUT2D eigenvalue weighted by Crippen LogP contribution is 2.35. The van der Waals surface area contributed by atoms with Gasteiger partial charge in [-0.15, -0.1) is 0 Å². The molecule has 5 nitrogen and oxygen atoms in total. The number of rotatable bonds is 7. The fourth-order valence-electron chi connectivity index (χ4n) is 2.93. The largest absolute Gasteiger partial charge is 0.493 e. The number of nitrogens with zero attached hydrogens (tertiary/aromatic N) is 1. The van der Waals surface area contributed by atoms with Crippen LogP contribution in [0.1, 0.15) is 16.7 Å². The van der Waals surface area contributed by atoms with E-state index < -0.39 is 20.6 Å². The first-order valence-electron chi connectivity index (χ1n) is 9.44. The number of benzene rings is 3. The Bertz CT molecular complexity index is 1290. The molecule has 0 fully saturated rings. The summed E-state index contributed by atoms with van der Waals surface area (Å²) in [6, 6.07) is 17.0. The van der Waals surface area contributed by atoms with Crippen molar-refractivity contribution in [3.05, 3.63) is 93.1 Å². The van der Waals surface area contributed by atoms with Crippen molar-refractivity contribution < 1.29 is 22.3 Å². The first-order valence-corrected chi connectivity index (χ1v) is 11.3. The molecule has 0 atom stereocenters. The lowest BCUT2D eigenvalue weighted by atomic mass is 10.1. The van der Waals surface area contributed by atoms with Crippen molar-refractivity contribution in [1.82, 2.24) is 0 Å². The van der Waals surface area contributed by atoms with Gasteiger partial charge in [-0.25, -0.2) is 12.8 Å². The molecule has 0 aliphatic carbocycles. The number of hydrogen-bond acceptors (Lipinski definition) is 5. The van der Waals surface area contributed by atoms with Crippen LogP contribution in [0.5, 0.6) is 11.5 Å². The number of para-hydroxylation sites is 1. The third-order valence-corrected chi connectivity index (χ3v) is 6.70. The van der Waals surface area contributed by atoms with Gasteiger partial charge in [0.2, 0.25) is 9.84 Å². The fraction of sp³-hybridized carbons (Fsp3) is 0.125. The van der Waals surface area contributed by atoms with Crippen LogP contribution in [0.15, 0.2) is 70.5 Å². The molecule has 8 heteroatoms. The van der Waals surface area contributed by atoms with Crippen LogP contribution < -0.4 is 9.47 Å². The van der Waals surface area contributed by atoms with E-state index in [-0.39, 0.29) is 39.2 Å². The molecule has 0 heterocycles. The normalized spacial score (nSPS) is 11.7. The predicted molar refractivity (Wildman–Crippen MR) is 121 cm³/mol. The van der Waals surface area contributed by atoms with Crippen molar-refractivity contribution >= 4 is 27.5 Å². The average molecular weight is 472 g/mol. The molecule has 0 unspecified atom stereocenters. The first-order chi connectivity index (χ1) is 15.3. The van der Waals surface area contributed by atoms with E-state index in [1.165, 1.54) is 43.5 Å². The Morgan fingerprint density at radius 2 is 1.81 bits per heavy atom. The third-order valence-electron chi connectivity index (χ3n) is 4.67. The molecule has 0 saturated carbocycles. The molecule has 0 amide bonds. The number of allylic oxidation sites excluding steroid dienone is 1. The summed E-state index contributed by atoms with van der Waals surface area (Å²) < 4.78 is 51.2. The highest BCUT2D eigenvalue weighted by atomic mass is 35.5. The van der Waals surface area contributed by atoms with E-state index in [9.17, 15) is 18.1 Å². The molecular formula is C24H19ClFNO4S. The Balaban J connectivity index is 2.04. The van der Waals surface area contributed by atoms with E-state index in [0.29, 0.717) is 0 Å². The van der Waals surface area contributed by atoms with Crippen molar-refractivity contribution in [3.8, 4) is 17.6 Å². The van der Waals surface area contributed by atoms with Crippen molar-refractivity contribution in [2.24, 2.45) is 0 Å². The van der Waals surface area contributed by atoms with Crippen LogP contribution >= 0.6 is 11.6 Å². The molecule has 0 saturated heterocycles. The quantitative estimate of drug-likeness (QED) is 0.412. The Labute approximate surface area is 191 Å². The van der Waals surface area contributed by atoms with Crippen LogP contribution in [-0.4, -0.2) is 15.5 Å². The SMILES string of the molecule is COc1cccc(C=C(C#N)S(=O)(=O)c2ccc(C)cc2)c1OCc1c(F)cccc1Cl. The summed E-state index contributed by atoms with van der Waals surface area (Å²) >= 11 is 6.07. The van der Waals surface area contributed by atoms with Crippen molar-refractivity contribution in [2.75, 3.05) is 7.11 Å². The summed E-state index contributed by atoms with van der Waals surface area (Å²) in [5, 5.41) is 9.79. The topological polar surface area (TPSA) is 76.4 Å². The van der Waals surface area contributed by atoms with Crippen LogP contribution in [-0.2, 0) is 16.4 Å². The molecule has 0 N–H and O–H groups in total. The van der Waals surface area contributed by atoms with Gasteiger partial charge >= 0.3 is 0 Å². The second kappa shape index (κ2) is 9.86. The van der Waals surface area contributed by atoms with E-state index in [1.807, 2.05) is 6.92 Å². The predicted octanol–water partition coefficient (Wildman–Crippen LogP) is 5.71. The molecule has 164 valence electrons. The van der Waals surface area contributed by atoms with E-state index in [2.05, 4.69) is 0 Å². The lowest BCUT2D eigenvalue weighted by molar-refractivity contribution is 0.279. The third kappa shape index (κ3) is 4.93. The average Bonchev–Trinajstić information content (AvgIpc) is 2.77. The first kappa shape index (κ1) is 23.3. The second-order valence-electron chi connectivity index (χ2n) is 6.80. The van der Waals surface area contributed by atoms with Gasteiger partial charge in [-0.05, 0) is 43.3 Å². The maximum atomic E-state index is 14.1. The standard InChI is InChI=1S/C24H19ClFNO4S/c1-16-9-11-18(12-10-16)32(28,29)19(14-27)13-17-5-3-8-23(30-2)24(17)31-15-20-21(25)6-4-7-22(20)26/h3-13H,15H2,1-2H3. The number of methoxy groups -OCH3 is 1. The summed E-state index contributed by atoms with van der Waals surface area (Å²) in [7, 11) is -2.64. The van der Waals surface area contributed by atoms with E-state index in [4.69, 9.17) is 21.1 Å². The van der Waals surface area contributed by atoms with Gasteiger partial charge in [-0.2, -0.15) is 5.26 Å². The van der Waals surface area contributed by atoms with Gasteiger partial charge in [0, 0.05) is 11.1 Å². The Morgan fingerprint density at radius 3 is 2.44 bits per heavy atom. The molecule has 0 aliphatic heterocycles. The Morgan fingerprint density at radius 1 is 1.12 bits per heavy atom. The van der Waals surface area contributed by atoms with Gasteiger partial charge in [0.25, 0.3) is 0 Å². The smallest absolute Gasteiger partial charge is 0.216 e. The highest BCUT2D eigenvalue weighted by molar-refractivity contribution is 7.95. The van der Waals surface area contributed by atoms with Gasteiger partial charge in [0.05, 0.1) is 17.0 Å². The second-order valence-corrected chi connectivity index (χ2v) is 9.13. The number of aryl methyl sites for hydroxylation is 1. The van der Waals surface area contributed by atoms with E-state index in [0.717, 1.165) is 5.56 Å². The molecule has 3 rings (SSSR count). The monoisotopic (exact) mass is 471 g/mol. The van der Waals surface area contributed by atoms with Gasteiger partial charge in [-0.3, -0.25) is 0 Å². The van der Waals surface area contributed by atoms with Crippen molar-refractivity contribution in [1.29, 1.82) is 5.26 Å². The molecule has 3 aromatic carbocycles. The van der Waals surface area contributed by atoms with Gasteiger partial charge < -0.3 is 9.47 Å². The highest BCUT2D eigenvalue weighted by Gasteiger charge is 2.22. The minimum absolute atomic E-state index is 0.000553. The number of nitriles is 1. The minimum atomic E-state index is -4.06. The zero-order valence-corrected chi connectivity index (χ0v) is 18.9. The molecule has 0 radical (unpaired) electrons. The molecule has 32 heavy (non-hydrogen) atoms. The number of halogens is 2. The summed E-state index contributed by atoms with van der Waals surface area (Å²) in [4.78, 5) is -0.470. The zero-order chi connectivity index (χ0) is 23.3. The molecule has 0 aromatic heterocycles. The lowest BCUT2D eigenvalue weighted by Crippen LogP contribution is -2.05. The molecular weight excluding hydrogens is 453 g/mol. The summed E-state index contributed by atoms with van der Waals surface area (Å²) in [6.07, 6.45) is 1.20. The van der Waals surface area contributed by atoms with Gasteiger partial charge in [0.15, 0.2) is 11.5 Å². The maximum absolute atomic E-state index is 14.1. The summed E-state index contributed by atoms with van der Waals surface area (Å²) in [5.74, 6) is -0.0958. The Kier molecular flexibility index (Phi) is 7.18. The minimum Gasteiger partial charge on any atom is -0.493 e. The molecule has 0 aliphatic rings. The Hall–Kier alpha value is -3.34. The fourth-order valence-corrected chi connectivity index (χ4v) is 4.30. The van der Waals surface area contributed by atoms with Gasteiger partial charge in [0.1, 0.15) is 23.4 Å². The van der Waals surface area contributed by atoms with Crippen LogP contribution in [0.3, 0.4) is 0 Å². The van der Waals surface area contributed by atoms with Crippen molar-refractivity contribution in [2.45, 2.75) is 18.4 Å². The molecule has 3 aromatic rings. The maximum Gasteiger partial charge on any atom is 0.216 e.